The predicted molar refractivity (Wildman–Crippen MR) is 96.3 cm³/mol. The lowest BCUT2D eigenvalue weighted by Gasteiger charge is -2.29. The number of fused-ring (bicyclic) bond motifs is 1. The summed E-state index contributed by atoms with van der Waals surface area (Å²) in [5.74, 6) is 1.38. The van der Waals surface area contributed by atoms with Crippen molar-refractivity contribution in [1.29, 1.82) is 0 Å². The van der Waals surface area contributed by atoms with Crippen LogP contribution < -0.4 is 15.5 Å². The number of amides is 1. The second kappa shape index (κ2) is 7.78. The number of anilines is 1. The second-order valence-corrected chi connectivity index (χ2v) is 5.86. The van der Waals surface area contributed by atoms with Crippen LogP contribution in [0.2, 0.25) is 0 Å². The highest BCUT2D eigenvalue weighted by Crippen LogP contribution is 2.26. The molecule has 0 fully saturated rings. The van der Waals surface area contributed by atoms with Crippen molar-refractivity contribution in [3.05, 3.63) is 42.0 Å². The lowest BCUT2D eigenvalue weighted by atomic mass is 10.0. The van der Waals surface area contributed by atoms with Crippen LogP contribution in [0.1, 0.15) is 17.8 Å². The van der Waals surface area contributed by atoms with Crippen LogP contribution in [0, 0.1) is 0 Å². The summed E-state index contributed by atoms with van der Waals surface area (Å²) < 4.78 is 1.69. The molecule has 1 amide bonds. The fourth-order valence-corrected chi connectivity index (χ4v) is 2.91. The first-order chi connectivity index (χ1) is 12.2. The number of hydrogen-bond acceptors (Lipinski definition) is 4. The van der Waals surface area contributed by atoms with Gasteiger partial charge in [0.05, 0.1) is 13.1 Å². The van der Waals surface area contributed by atoms with E-state index in [1.807, 2.05) is 30.1 Å². The Morgan fingerprint density at radius 1 is 1.32 bits per heavy atom. The molecule has 1 aromatic heterocycles. The number of hydrogen-bond donors (Lipinski definition) is 2. The third-order valence-corrected chi connectivity index (χ3v) is 4.26. The lowest BCUT2D eigenvalue weighted by Crippen LogP contribution is -2.46. The zero-order valence-corrected chi connectivity index (χ0v) is 14.6. The van der Waals surface area contributed by atoms with E-state index in [9.17, 15) is 4.79 Å². The summed E-state index contributed by atoms with van der Waals surface area (Å²) >= 11 is 0. The van der Waals surface area contributed by atoms with Crippen LogP contribution in [0.15, 0.2) is 35.6 Å². The van der Waals surface area contributed by atoms with Gasteiger partial charge in [-0.05, 0) is 24.5 Å². The summed E-state index contributed by atoms with van der Waals surface area (Å²) in [5.41, 5.74) is 2.24. The first kappa shape index (κ1) is 16.9. The van der Waals surface area contributed by atoms with Gasteiger partial charge >= 0.3 is 0 Å². The van der Waals surface area contributed by atoms with Crippen LogP contribution in [0.5, 0.6) is 0 Å². The van der Waals surface area contributed by atoms with Crippen LogP contribution in [0.4, 0.5) is 5.69 Å². The molecule has 1 aromatic carbocycles. The molecule has 0 saturated heterocycles. The van der Waals surface area contributed by atoms with Crippen molar-refractivity contribution in [2.45, 2.75) is 19.4 Å². The maximum atomic E-state index is 12.6. The van der Waals surface area contributed by atoms with Crippen LogP contribution in [0.25, 0.3) is 0 Å². The highest BCUT2D eigenvalue weighted by atomic mass is 16.2. The number of carbonyl (C=O) groups is 1. The summed E-state index contributed by atoms with van der Waals surface area (Å²) in [7, 11) is 3.50. The summed E-state index contributed by atoms with van der Waals surface area (Å²) in [4.78, 5) is 22.8. The standard InChI is InChI=1S/C17H23N7O/c1-18-17(19-10-15-21-12-22-23(15)2)20-11-16(25)24-9-5-7-13-6-3-4-8-14(13)24/h3-4,6,8,12H,5,7,9-11H2,1-2H3,(H2,18,19,20). The van der Waals surface area contributed by atoms with Crippen LogP contribution in [-0.2, 0) is 24.8 Å². The number of aryl methyl sites for hydroxylation is 2. The van der Waals surface area contributed by atoms with Gasteiger partial charge in [0, 0.05) is 26.3 Å². The van der Waals surface area contributed by atoms with Gasteiger partial charge < -0.3 is 15.5 Å². The SMILES string of the molecule is CN=C(NCC(=O)N1CCCc2ccccc21)NCc1ncnn1C. The minimum atomic E-state index is 0.0359. The molecule has 1 aliphatic rings. The summed E-state index contributed by atoms with van der Waals surface area (Å²) in [5, 5.41) is 10.2. The zero-order valence-electron chi connectivity index (χ0n) is 14.6. The van der Waals surface area contributed by atoms with Crippen molar-refractivity contribution < 1.29 is 4.79 Å². The van der Waals surface area contributed by atoms with E-state index in [-0.39, 0.29) is 12.5 Å². The zero-order chi connectivity index (χ0) is 17.6. The van der Waals surface area contributed by atoms with Crippen molar-refractivity contribution in [2.24, 2.45) is 12.0 Å². The largest absolute Gasteiger partial charge is 0.349 e. The third-order valence-electron chi connectivity index (χ3n) is 4.26. The number of aromatic nitrogens is 3. The molecule has 0 aliphatic carbocycles. The van der Waals surface area contributed by atoms with Gasteiger partial charge in [0.25, 0.3) is 0 Å². The van der Waals surface area contributed by atoms with Crippen molar-refractivity contribution in [2.75, 3.05) is 25.0 Å². The van der Waals surface area contributed by atoms with Gasteiger partial charge in [0.15, 0.2) is 5.96 Å². The second-order valence-electron chi connectivity index (χ2n) is 5.86. The fraction of sp³-hybridized carbons (Fsp3) is 0.412. The summed E-state index contributed by atoms with van der Waals surface area (Å²) in [6, 6.07) is 8.08. The van der Waals surface area contributed by atoms with E-state index in [1.54, 1.807) is 11.7 Å². The first-order valence-electron chi connectivity index (χ1n) is 8.34. The molecule has 3 rings (SSSR count). The Labute approximate surface area is 147 Å². The van der Waals surface area contributed by atoms with Gasteiger partial charge in [-0.15, -0.1) is 0 Å². The highest BCUT2D eigenvalue weighted by Gasteiger charge is 2.21. The van der Waals surface area contributed by atoms with E-state index in [0.29, 0.717) is 12.5 Å². The normalized spacial score (nSPS) is 14.2. The Bertz CT molecular complexity index is 768. The predicted octanol–water partition coefficient (Wildman–Crippen LogP) is 0.459. The van der Waals surface area contributed by atoms with Crippen LogP contribution >= 0.6 is 0 Å². The van der Waals surface area contributed by atoms with E-state index in [4.69, 9.17) is 0 Å². The average molecular weight is 341 g/mol. The Balaban J connectivity index is 1.55. The average Bonchev–Trinajstić information content (AvgIpc) is 3.06. The van der Waals surface area contributed by atoms with E-state index >= 15 is 0 Å². The Morgan fingerprint density at radius 2 is 2.16 bits per heavy atom. The van der Waals surface area contributed by atoms with Gasteiger partial charge in [0.1, 0.15) is 12.2 Å². The number of rotatable bonds is 4. The van der Waals surface area contributed by atoms with Gasteiger partial charge in [-0.3, -0.25) is 14.5 Å². The molecule has 25 heavy (non-hydrogen) atoms. The van der Waals surface area contributed by atoms with E-state index < -0.39 is 0 Å². The molecule has 132 valence electrons. The Kier molecular flexibility index (Phi) is 5.27. The molecule has 2 N–H and O–H groups in total. The smallest absolute Gasteiger partial charge is 0.246 e. The fourth-order valence-electron chi connectivity index (χ4n) is 2.91. The van der Waals surface area contributed by atoms with E-state index in [2.05, 4.69) is 31.8 Å². The lowest BCUT2D eigenvalue weighted by molar-refractivity contribution is -0.117. The molecule has 8 nitrogen and oxygen atoms in total. The minimum absolute atomic E-state index is 0.0359. The highest BCUT2D eigenvalue weighted by molar-refractivity contribution is 5.98. The molecular formula is C17H23N7O. The topological polar surface area (TPSA) is 87.4 Å². The van der Waals surface area contributed by atoms with Crippen molar-refractivity contribution in [3.8, 4) is 0 Å². The maximum Gasteiger partial charge on any atom is 0.246 e. The number of aliphatic imine (C=N–C) groups is 1. The third kappa shape index (κ3) is 3.96. The molecule has 0 spiro atoms. The molecule has 8 heteroatoms. The number of nitrogens with one attached hydrogen (secondary N) is 2. The molecule has 2 heterocycles. The van der Waals surface area contributed by atoms with Crippen molar-refractivity contribution in [1.82, 2.24) is 25.4 Å². The molecule has 1 aliphatic heterocycles. The van der Waals surface area contributed by atoms with E-state index in [1.165, 1.54) is 11.9 Å². The molecule has 0 atom stereocenters. The van der Waals surface area contributed by atoms with Crippen LogP contribution in [0.3, 0.4) is 0 Å². The van der Waals surface area contributed by atoms with Crippen molar-refractivity contribution in [3.63, 3.8) is 0 Å². The Hall–Kier alpha value is -2.90. The first-order valence-corrected chi connectivity index (χ1v) is 8.34. The summed E-state index contributed by atoms with van der Waals surface area (Å²) in [6.07, 6.45) is 3.51. The summed E-state index contributed by atoms with van der Waals surface area (Å²) in [6.45, 7) is 1.42. The molecule has 2 aromatic rings. The number of guanidine groups is 1. The van der Waals surface area contributed by atoms with Gasteiger partial charge in [-0.25, -0.2) is 4.98 Å². The number of carbonyl (C=O) groups excluding carboxylic acids is 1. The van der Waals surface area contributed by atoms with Gasteiger partial charge in [0.2, 0.25) is 5.91 Å². The molecular weight excluding hydrogens is 318 g/mol. The van der Waals surface area contributed by atoms with Crippen LogP contribution in [-0.4, -0.2) is 46.8 Å². The molecule has 0 saturated carbocycles. The molecule has 0 unspecified atom stereocenters. The number of benzene rings is 1. The minimum Gasteiger partial charge on any atom is -0.349 e. The molecule has 0 bridgehead atoms. The number of nitrogens with zero attached hydrogens (tertiary/aromatic N) is 5. The maximum absolute atomic E-state index is 12.6. The quantitative estimate of drug-likeness (QED) is 0.623. The monoisotopic (exact) mass is 341 g/mol. The molecule has 0 radical (unpaired) electrons. The van der Waals surface area contributed by atoms with Gasteiger partial charge in [-0.2, -0.15) is 5.10 Å². The Morgan fingerprint density at radius 3 is 2.92 bits per heavy atom. The number of para-hydroxylation sites is 1. The van der Waals surface area contributed by atoms with Gasteiger partial charge in [-0.1, -0.05) is 18.2 Å². The van der Waals surface area contributed by atoms with E-state index in [0.717, 1.165) is 30.9 Å². The van der Waals surface area contributed by atoms with Crippen molar-refractivity contribution >= 4 is 17.6 Å².